The molecule has 0 unspecified atom stereocenters. The van der Waals surface area contributed by atoms with Crippen LogP contribution in [0.15, 0.2) is 35.6 Å². The highest BCUT2D eigenvalue weighted by atomic mass is 32.2. The van der Waals surface area contributed by atoms with Crippen LogP contribution in [0.1, 0.15) is 29.5 Å². The van der Waals surface area contributed by atoms with Gasteiger partial charge in [-0.05, 0) is 55.6 Å². The maximum atomic E-state index is 12.4. The first-order chi connectivity index (χ1) is 15.1. The molecule has 3 aromatic rings. The zero-order chi connectivity index (χ0) is 22.8. The van der Waals surface area contributed by atoms with Gasteiger partial charge in [-0.25, -0.2) is 27.4 Å². The van der Waals surface area contributed by atoms with Crippen LogP contribution in [0, 0.1) is 6.92 Å². The molecule has 1 aliphatic heterocycles. The van der Waals surface area contributed by atoms with E-state index in [1.807, 2.05) is 0 Å². The third-order valence-electron chi connectivity index (χ3n) is 6.45. The van der Waals surface area contributed by atoms with Gasteiger partial charge < -0.3 is 10.6 Å². The second-order valence-corrected chi connectivity index (χ2v) is 11.3. The van der Waals surface area contributed by atoms with Crippen LogP contribution in [-0.4, -0.2) is 65.1 Å². The number of hydrogen-bond donors (Lipinski definition) is 1. The summed E-state index contributed by atoms with van der Waals surface area (Å²) in [5.41, 5.74) is 12.1. The highest BCUT2D eigenvalue weighted by Gasteiger charge is 2.49. The van der Waals surface area contributed by atoms with Crippen molar-refractivity contribution in [3.8, 4) is 17.1 Å². The fraction of sp³-hybridized carbons (Fsp3) is 0.409. The molecule has 10 heteroatoms. The smallest absolute Gasteiger partial charge is 0.245 e. The SMILES string of the molecule is Cc1cc(-c2cnc(N)c(-n3cc(S(=O)(=O)N(C)C)cn3)n2)cc2c1C1(CC1)CN(C)C2. The zero-order valence-corrected chi connectivity index (χ0v) is 19.5. The van der Waals surface area contributed by atoms with E-state index < -0.39 is 10.0 Å². The van der Waals surface area contributed by atoms with Crippen molar-refractivity contribution in [3.05, 3.63) is 47.4 Å². The summed E-state index contributed by atoms with van der Waals surface area (Å²) < 4.78 is 27.3. The molecule has 1 aliphatic carbocycles. The highest BCUT2D eigenvalue weighted by Crippen LogP contribution is 2.53. The van der Waals surface area contributed by atoms with Crippen LogP contribution in [0.25, 0.3) is 17.1 Å². The molecule has 0 bridgehead atoms. The fourth-order valence-corrected chi connectivity index (χ4v) is 5.69. The molecule has 2 aromatic heterocycles. The van der Waals surface area contributed by atoms with E-state index in [1.54, 1.807) is 6.20 Å². The first-order valence-corrected chi connectivity index (χ1v) is 12.0. The minimum absolute atomic E-state index is 0.0662. The number of hydrogen-bond acceptors (Lipinski definition) is 7. The Labute approximate surface area is 187 Å². The van der Waals surface area contributed by atoms with Crippen molar-refractivity contribution in [3.63, 3.8) is 0 Å². The van der Waals surface area contributed by atoms with Gasteiger partial charge in [-0.15, -0.1) is 0 Å². The summed E-state index contributed by atoms with van der Waals surface area (Å²) in [6.07, 6.45) is 6.84. The number of nitrogen functional groups attached to an aromatic ring is 1. The average Bonchev–Trinajstić information content (AvgIpc) is 3.28. The molecule has 32 heavy (non-hydrogen) atoms. The van der Waals surface area contributed by atoms with Crippen LogP contribution in [-0.2, 0) is 22.0 Å². The summed E-state index contributed by atoms with van der Waals surface area (Å²) in [6.45, 7) is 4.20. The van der Waals surface area contributed by atoms with E-state index >= 15 is 0 Å². The maximum Gasteiger partial charge on any atom is 0.245 e. The van der Waals surface area contributed by atoms with E-state index in [2.05, 4.69) is 41.1 Å². The van der Waals surface area contributed by atoms with Gasteiger partial charge in [0.2, 0.25) is 10.0 Å². The normalized spacial score (nSPS) is 17.7. The molecule has 2 N–H and O–H groups in total. The molecule has 0 amide bonds. The van der Waals surface area contributed by atoms with Crippen LogP contribution in [0.5, 0.6) is 0 Å². The Bertz CT molecular complexity index is 1330. The lowest BCUT2D eigenvalue weighted by Crippen LogP contribution is -2.35. The molecule has 168 valence electrons. The molecule has 1 spiro atoms. The number of nitrogens with two attached hydrogens (primary N) is 1. The number of benzene rings is 1. The molecule has 1 fully saturated rings. The first-order valence-electron chi connectivity index (χ1n) is 10.5. The van der Waals surface area contributed by atoms with Gasteiger partial charge in [0, 0.05) is 38.2 Å². The van der Waals surface area contributed by atoms with E-state index in [0.717, 1.165) is 23.0 Å². The monoisotopic (exact) mass is 453 g/mol. The Morgan fingerprint density at radius 2 is 1.94 bits per heavy atom. The van der Waals surface area contributed by atoms with Crippen LogP contribution < -0.4 is 5.73 Å². The van der Waals surface area contributed by atoms with Crippen molar-refractivity contribution in [2.24, 2.45) is 0 Å². The lowest BCUT2D eigenvalue weighted by molar-refractivity contribution is 0.270. The zero-order valence-electron chi connectivity index (χ0n) is 18.7. The van der Waals surface area contributed by atoms with Crippen LogP contribution in [0.2, 0.25) is 0 Å². The minimum atomic E-state index is -3.61. The minimum Gasteiger partial charge on any atom is -0.381 e. The number of sulfonamides is 1. The molecule has 1 saturated carbocycles. The molecule has 3 heterocycles. The second kappa shape index (κ2) is 7.09. The van der Waals surface area contributed by atoms with Gasteiger partial charge in [-0.1, -0.05) is 0 Å². The summed E-state index contributed by atoms with van der Waals surface area (Å²) >= 11 is 0. The number of rotatable bonds is 4. The largest absolute Gasteiger partial charge is 0.381 e. The fourth-order valence-electron chi connectivity index (χ4n) is 4.86. The van der Waals surface area contributed by atoms with Crippen molar-refractivity contribution in [2.45, 2.75) is 36.6 Å². The van der Waals surface area contributed by atoms with E-state index in [0.29, 0.717) is 16.9 Å². The molecule has 1 aromatic carbocycles. The topological polar surface area (TPSA) is 110 Å². The number of aryl methyl sites for hydroxylation is 1. The van der Waals surface area contributed by atoms with Gasteiger partial charge in [0.1, 0.15) is 4.90 Å². The van der Waals surface area contributed by atoms with Crippen LogP contribution in [0.3, 0.4) is 0 Å². The first kappa shape index (κ1) is 21.0. The van der Waals surface area contributed by atoms with Gasteiger partial charge in [-0.3, -0.25) is 0 Å². The number of likely N-dealkylation sites (N-methyl/N-ethyl adjacent to an activating group) is 1. The molecule has 9 nitrogen and oxygen atoms in total. The third kappa shape index (κ3) is 3.30. The Balaban J connectivity index is 1.57. The number of fused-ring (bicyclic) bond motifs is 2. The molecule has 2 aliphatic rings. The van der Waals surface area contributed by atoms with Crippen molar-refractivity contribution in [2.75, 3.05) is 33.4 Å². The van der Waals surface area contributed by atoms with Crippen LogP contribution >= 0.6 is 0 Å². The summed E-state index contributed by atoms with van der Waals surface area (Å²) in [6, 6.07) is 4.37. The van der Waals surface area contributed by atoms with Gasteiger partial charge in [-0.2, -0.15) is 5.10 Å². The van der Waals surface area contributed by atoms with Gasteiger partial charge in [0.05, 0.1) is 24.3 Å². The molecule has 0 atom stereocenters. The maximum absolute atomic E-state index is 12.4. The van der Waals surface area contributed by atoms with Crippen LogP contribution in [0.4, 0.5) is 5.82 Å². The predicted molar refractivity (Wildman–Crippen MR) is 122 cm³/mol. The predicted octanol–water partition coefficient (Wildman–Crippen LogP) is 1.95. The van der Waals surface area contributed by atoms with E-state index in [9.17, 15) is 8.42 Å². The molecular weight excluding hydrogens is 426 g/mol. The summed E-state index contributed by atoms with van der Waals surface area (Å²) in [5, 5.41) is 4.18. The number of anilines is 1. The molecular formula is C22H27N7O2S. The Morgan fingerprint density at radius 3 is 2.62 bits per heavy atom. The summed E-state index contributed by atoms with van der Waals surface area (Å²) in [5.74, 6) is 0.478. The molecule has 0 saturated heterocycles. The Kier molecular flexibility index (Phi) is 4.66. The standard InChI is InChI=1S/C22H27N7O2S/c1-14-7-15(8-16-11-28(4)13-22(5-6-22)19(14)16)18-10-24-20(23)21(26-18)29-12-17(9-25-29)32(30,31)27(2)3/h7-10,12H,5-6,11,13H2,1-4H3,(H2,23,24). The second-order valence-electron chi connectivity index (χ2n) is 9.15. The van der Waals surface area contributed by atoms with E-state index in [1.165, 1.54) is 60.7 Å². The summed E-state index contributed by atoms with van der Waals surface area (Å²) in [4.78, 5) is 11.5. The lowest BCUT2D eigenvalue weighted by Gasteiger charge is -2.34. The number of aromatic nitrogens is 4. The van der Waals surface area contributed by atoms with Gasteiger partial charge >= 0.3 is 0 Å². The molecule has 5 rings (SSSR count). The lowest BCUT2D eigenvalue weighted by atomic mass is 9.82. The van der Waals surface area contributed by atoms with Gasteiger partial charge in [0.25, 0.3) is 0 Å². The van der Waals surface area contributed by atoms with E-state index in [4.69, 9.17) is 10.7 Å². The van der Waals surface area contributed by atoms with Crippen molar-refractivity contribution in [1.29, 1.82) is 0 Å². The summed E-state index contributed by atoms with van der Waals surface area (Å²) in [7, 11) is 1.51. The quantitative estimate of drug-likeness (QED) is 0.643. The number of nitrogens with zero attached hydrogens (tertiary/aromatic N) is 6. The van der Waals surface area contributed by atoms with Crippen molar-refractivity contribution >= 4 is 15.8 Å². The van der Waals surface area contributed by atoms with Crippen molar-refractivity contribution < 1.29 is 8.42 Å². The van der Waals surface area contributed by atoms with Gasteiger partial charge in [0.15, 0.2) is 11.6 Å². The Morgan fingerprint density at radius 1 is 1.19 bits per heavy atom. The van der Waals surface area contributed by atoms with E-state index in [-0.39, 0.29) is 10.7 Å². The van der Waals surface area contributed by atoms with Crippen molar-refractivity contribution in [1.82, 2.24) is 29.0 Å². The Hall–Kier alpha value is -2.82. The third-order valence-corrected chi connectivity index (χ3v) is 8.21. The average molecular weight is 454 g/mol. The highest BCUT2D eigenvalue weighted by molar-refractivity contribution is 7.89. The molecule has 0 radical (unpaired) electrons.